The molecule has 0 saturated heterocycles. The Kier molecular flexibility index (Phi) is 2.88. The number of halogens is 2. The first-order valence-electron chi connectivity index (χ1n) is 4.48. The van der Waals surface area contributed by atoms with E-state index >= 15 is 0 Å². The molecular weight excluding hydrogens is 216 g/mol. The Labute approximate surface area is 89.7 Å². The summed E-state index contributed by atoms with van der Waals surface area (Å²) in [5.74, 6) is 4.35. The van der Waals surface area contributed by atoms with Gasteiger partial charge in [0.1, 0.15) is 29.8 Å². The standard InChI is InChI=1S/C9H9F2N5/c10-6-1-5(2-7(11)3-6)8(15-12)9-13-4-14-16-9/h1-4,8,15H,12H2,(H,13,14,16). The largest absolute Gasteiger partial charge is 0.270 e. The molecule has 1 atom stereocenters. The van der Waals surface area contributed by atoms with Gasteiger partial charge in [-0.15, -0.1) is 0 Å². The number of nitrogens with two attached hydrogens (primary N) is 1. The predicted octanol–water partition coefficient (Wildman–Crippen LogP) is 0.636. The Morgan fingerprint density at radius 1 is 1.25 bits per heavy atom. The molecule has 0 radical (unpaired) electrons. The van der Waals surface area contributed by atoms with Crippen molar-refractivity contribution in [3.63, 3.8) is 0 Å². The summed E-state index contributed by atoms with van der Waals surface area (Å²) in [7, 11) is 0. The molecule has 5 nitrogen and oxygen atoms in total. The molecule has 0 fully saturated rings. The number of H-pyrrole nitrogens is 1. The van der Waals surface area contributed by atoms with Crippen molar-refractivity contribution in [2.45, 2.75) is 6.04 Å². The SMILES string of the molecule is NNC(c1cc(F)cc(F)c1)c1ncn[nH]1. The van der Waals surface area contributed by atoms with Crippen LogP contribution in [0.25, 0.3) is 0 Å². The number of aromatic amines is 1. The molecule has 0 amide bonds. The minimum absolute atomic E-state index is 0.330. The van der Waals surface area contributed by atoms with E-state index in [1.54, 1.807) is 0 Å². The molecule has 1 heterocycles. The molecule has 0 bridgehead atoms. The quantitative estimate of drug-likeness (QED) is 0.529. The summed E-state index contributed by atoms with van der Waals surface area (Å²) in [6.45, 7) is 0. The van der Waals surface area contributed by atoms with Crippen LogP contribution in [0.15, 0.2) is 24.5 Å². The van der Waals surface area contributed by atoms with Gasteiger partial charge in [-0.2, -0.15) is 5.10 Å². The first-order chi connectivity index (χ1) is 7.70. The van der Waals surface area contributed by atoms with Crippen LogP contribution in [-0.2, 0) is 0 Å². The van der Waals surface area contributed by atoms with Gasteiger partial charge in [0.15, 0.2) is 0 Å². The fourth-order valence-corrected chi connectivity index (χ4v) is 1.43. The summed E-state index contributed by atoms with van der Waals surface area (Å²) < 4.78 is 26.0. The maximum Gasteiger partial charge on any atom is 0.147 e. The van der Waals surface area contributed by atoms with E-state index < -0.39 is 17.7 Å². The molecule has 0 saturated carbocycles. The summed E-state index contributed by atoms with van der Waals surface area (Å²) >= 11 is 0. The molecule has 0 aliphatic carbocycles. The molecule has 2 rings (SSSR count). The summed E-state index contributed by atoms with van der Waals surface area (Å²) in [5, 5.41) is 6.22. The lowest BCUT2D eigenvalue weighted by Gasteiger charge is -2.13. The number of aromatic nitrogens is 3. The fraction of sp³-hybridized carbons (Fsp3) is 0.111. The van der Waals surface area contributed by atoms with Crippen molar-refractivity contribution in [1.82, 2.24) is 20.6 Å². The van der Waals surface area contributed by atoms with Crippen LogP contribution >= 0.6 is 0 Å². The van der Waals surface area contributed by atoms with Crippen LogP contribution in [0, 0.1) is 11.6 Å². The van der Waals surface area contributed by atoms with Gasteiger partial charge in [-0.05, 0) is 17.7 Å². The third kappa shape index (κ3) is 2.05. The molecule has 0 aliphatic rings. The minimum Gasteiger partial charge on any atom is -0.270 e. The maximum atomic E-state index is 13.0. The third-order valence-corrected chi connectivity index (χ3v) is 2.09. The zero-order chi connectivity index (χ0) is 11.5. The summed E-state index contributed by atoms with van der Waals surface area (Å²) in [6, 6.07) is 2.51. The average Bonchev–Trinajstić information content (AvgIpc) is 2.70. The average molecular weight is 225 g/mol. The molecular formula is C9H9F2N5. The highest BCUT2D eigenvalue weighted by atomic mass is 19.1. The van der Waals surface area contributed by atoms with E-state index in [9.17, 15) is 8.78 Å². The van der Waals surface area contributed by atoms with Gasteiger partial charge in [0.05, 0.1) is 0 Å². The highest BCUT2D eigenvalue weighted by Gasteiger charge is 2.16. The maximum absolute atomic E-state index is 13.0. The van der Waals surface area contributed by atoms with E-state index in [1.807, 2.05) is 0 Å². The molecule has 0 aliphatic heterocycles. The number of hydrazine groups is 1. The van der Waals surface area contributed by atoms with E-state index in [0.29, 0.717) is 11.4 Å². The molecule has 1 unspecified atom stereocenters. The van der Waals surface area contributed by atoms with E-state index in [0.717, 1.165) is 6.07 Å². The summed E-state index contributed by atoms with van der Waals surface area (Å²) in [5.41, 5.74) is 2.74. The van der Waals surface area contributed by atoms with Gasteiger partial charge in [-0.1, -0.05) is 0 Å². The second-order valence-electron chi connectivity index (χ2n) is 3.17. The molecule has 1 aromatic heterocycles. The second-order valence-corrected chi connectivity index (χ2v) is 3.17. The highest BCUT2D eigenvalue weighted by Crippen LogP contribution is 2.19. The van der Waals surface area contributed by atoms with Crippen molar-refractivity contribution in [2.24, 2.45) is 5.84 Å². The van der Waals surface area contributed by atoms with E-state index in [1.165, 1.54) is 18.5 Å². The normalized spacial score (nSPS) is 12.7. The molecule has 4 N–H and O–H groups in total. The highest BCUT2D eigenvalue weighted by molar-refractivity contribution is 5.25. The van der Waals surface area contributed by atoms with E-state index in [-0.39, 0.29) is 0 Å². The van der Waals surface area contributed by atoms with Crippen LogP contribution < -0.4 is 11.3 Å². The molecule has 16 heavy (non-hydrogen) atoms. The van der Waals surface area contributed by atoms with Crippen molar-refractivity contribution in [2.75, 3.05) is 0 Å². The Morgan fingerprint density at radius 2 is 1.94 bits per heavy atom. The third-order valence-electron chi connectivity index (χ3n) is 2.09. The Balaban J connectivity index is 2.41. The number of hydrogen-bond acceptors (Lipinski definition) is 4. The molecule has 0 spiro atoms. The number of rotatable bonds is 3. The van der Waals surface area contributed by atoms with Crippen LogP contribution in [0.3, 0.4) is 0 Å². The monoisotopic (exact) mass is 225 g/mol. The van der Waals surface area contributed by atoms with Gasteiger partial charge in [0.2, 0.25) is 0 Å². The predicted molar refractivity (Wildman–Crippen MR) is 51.9 cm³/mol. The van der Waals surface area contributed by atoms with Crippen LogP contribution in [0.4, 0.5) is 8.78 Å². The lowest BCUT2D eigenvalue weighted by molar-refractivity contribution is 0.558. The van der Waals surface area contributed by atoms with Gasteiger partial charge in [-0.3, -0.25) is 10.9 Å². The topological polar surface area (TPSA) is 79.6 Å². The van der Waals surface area contributed by atoms with Gasteiger partial charge in [0, 0.05) is 6.07 Å². The fourth-order valence-electron chi connectivity index (χ4n) is 1.43. The van der Waals surface area contributed by atoms with Gasteiger partial charge in [0.25, 0.3) is 0 Å². The van der Waals surface area contributed by atoms with Crippen LogP contribution in [0.1, 0.15) is 17.4 Å². The zero-order valence-corrected chi connectivity index (χ0v) is 8.11. The lowest BCUT2D eigenvalue weighted by atomic mass is 10.1. The Bertz CT molecular complexity index is 451. The van der Waals surface area contributed by atoms with Gasteiger partial charge < -0.3 is 0 Å². The first-order valence-corrected chi connectivity index (χ1v) is 4.48. The number of nitrogens with zero attached hydrogens (tertiary/aromatic N) is 2. The number of hydrogen-bond donors (Lipinski definition) is 3. The number of benzene rings is 1. The van der Waals surface area contributed by atoms with Gasteiger partial charge >= 0.3 is 0 Å². The number of nitrogens with one attached hydrogen (secondary N) is 2. The minimum atomic E-state index is -0.672. The van der Waals surface area contributed by atoms with Crippen molar-refractivity contribution in [3.05, 3.63) is 47.5 Å². The summed E-state index contributed by atoms with van der Waals surface area (Å²) in [6.07, 6.45) is 1.29. The van der Waals surface area contributed by atoms with Crippen molar-refractivity contribution in [1.29, 1.82) is 0 Å². The lowest BCUT2D eigenvalue weighted by Crippen LogP contribution is -2.29. The Hall–Kier alpha value is -1.86. The van der Waals surface area contributed by atoms with E-state index in [2.05, 4.69) is 20.6 Å². The van der Waals surface area contributed by atoms with Crippen molar-refractivity contribution < 1.29 is 8.78 Å². The molecule has 2 aromatic rings. The summed E-state index contributed by atoms with van der Waals surface area (Å²) in [4.78, 5) is 3.87. The second kappa shape index (κ2) is 4.33. The molecule has 1 aromatic carbocycles. The van der Waals surface area contributed by atoms with Crippen molar-refractivity contribution >= 4 is 0 Å². The smallest absolute Gasteiger partial charge is 0.147 e. The van der Waals surface area contributed by atoms with Crippen LogP contribution in [0.5, 0.6) is 0 Å². The molecule has 7 heteroatoms. The first kappa shape index (κ1) is 10.7. The Morgan fingerprint density at radius 3 is 2.44 bits per heavy atom. The van der Waals surface area contributed by atoms with Gasteiger partial charge in [-0.25, -0.2) is 19.2 Å². The van der Waals surface area contributed by atoms with Crippen LogP contribution in [-0.4, -0.2) is 15.2 Å². The van der Waals surface area contributed by atoms with Crippen LogP contribution in [0.2, 0.25) is 0 Å². The zero-order valence-electron chi connectivity index (χ0n) is 8.11. The van der Waals surface area contributed by atoms with Crippen molar-refractivity contribution in [3.8, 4) is 0 Å². The van der Waals surface area contributed by atoms with E-state index in [4.69, 9.17) is 5.84 Å². The molecule has 84 valence electrons.